The topological polar surface area (TPSA) is 66.6 Å². The highest BCUT2D eigenvalue weighted by Crippen LogP contribution is 2.05. The molecule has 1 rings (SSSR count). The molecule has 4 heteroatoms. The molecule has 0 amide bonds. The largest absolute Gasteiger partial charge is 0.458 e. The first kappa shape index (κ1) is 7.44. The minimum Gasteiger partial charge on any atom is -0.458 e. The van der Waals surface area contributed by atoms with Gasteiger partial charge in [-0.2, -0.15) is 4.79 Å². The van der Waals surface area contributed by atoms with Gasteiger partial charge in [0.1, 0.15) is 5.76 Å². The molecule has 0 saturated heterocycles. The van der Waals surface area contributed by atoms with Crippen molar-refractivity contribution < 1.29 is 14.0 Å². The summed E-state index contributed by atoms with van der Waals surface area (Å²) in [7, 11) is 0. The first-order chi connectivity index (χ1) is 5.24. The number of ketones is 1. The zero-order valence-corrected chi connectivity index (χ0v) is 5.94. The van der Waals surface area contributed by atoms with Crippen molar-refractivity contribution in [3.05, 3.63) is 29.2 Å². The van der Waals surface area contributed by atoms with Crippen LogP contribution in [0.15, 0.2) is 16.5 Å². The second-order valence-corrected chi connectivity index (χ2v) is 2.02. The second kappa shape index (κ2) is 2.94. The number of rotatable bonds is 2. The van der Waals surface area contributed by atoms with Crippen molar-refractivity contribution in [2.45, 2.75) is 6.92 Å². The molecular weight excluding hydrogens is 144 g/mol. The number of Topliss-reactive ketones (excluding diaryl/α,β-unsaturated/α-hetero) is 1. The van der Waals surface area contributed by atoms with Crippen LogP contribution in [0.5, 0.6) is 0 Å². The molecule has 1 heterocycles. The van der Waals surface area contributed by atoms with Crippen LogP contribution >= 0.6 is 0 Å². The first-order valence-electron chi connectivity index (χ1n) is 3.02. The van der Waals surface area contributed by atoms with Crippen LogP contribution in [0.4, 0.5) is 0 Å². The molecule has 0 spiro atoms. The van der Waals surface area contributed by atoms with Crippen LogP contribution in [0.25, 0.3) is 5.53 Å². The Balaban J connectivity index is 2.93. The molecule has 1 aromatic rings. The number of carbonyl (C=O) groups excluding carboxylic acids is 1. The predicted molar refractivity (Wildman–Crippen MR) is 37.5 cm³/mol. The molecule has 0 fully saturated rings. The van der Waals surface area contributed by atoms with Crippen molar-refractivity contribution in [1.82, 2.24) is 0 Å². The number of carbonyl (C=O) groups is 1. The van der Waals surface area contributed by atoms with Crippen LogP contribution < -0.4 is 0 Å². The molecule has 11 heavy (non-hydrogen) atoms. The molecule has 0 N–H and O–H groups in total. The van der Waals surface area contributed by atoms with Crippen LogP contribution in [0.3, 0.4) is 0 Å². The summed E-state index contributed by atoms with van der Waals surface area (Å²) in [5.41, 5.74) is 8.01. The van der Waals surface area contributed by atoms with E-state index in [1.807, 2.05) is 0 Å². The Kier molecular flexibility index (Phi) is 1.99. The molecule has 0 aromatic carbocycles. The summed E-state index contributed by atoms with van der Waals surface area (Å²) in [6, 6.07) is 3.19. The Morgan fingerprint density at radius 1 is 1.73 bits per heavy atom. The van der Waals surface area contributed by atoms with Gasteiger partial charge in [-0.05, 0) is 19.1 Å². The normalized spacial score (nSPS) is 8.82. The van der Waals surface area contributed by atoms with Crippen LogP contribution in [0.1, 0.15) is 16.3 Å². The Bertz CT molecular complexity index is 321. The molecule has 0 atom stereocenters. The average Bonchev–Trinajstić information content (AvgIpc) is 2.36. The van der Waals surface area contributed by atoms with Crippen molar-refractivity contribution >= 4 is 12.0 Å². The molecule has 0 bridgehead atoms. The highest BCUT2D eigenvalue weighted by atomic mass is 16.3. The molecule has 0 aliphatic carbocycles. The van der Waals surface area contributed by atoms with Gasteiger partial charge in [0.25, 0.3) is 0 Å². The van der Waals surface area contributed by atoms with Gasteiger partial charge in [0.05, 0.1) is 0 Å². The van der Waals surface area contributed by atoms with Gasteiger partial charge in [-0.25, -0.2) is 0 Å². The highest BCUT2D eigenvalue weighted by Gasteiger charge is 2.10. The van der Waals surface area contributed by atoms with Crippen LogP contribution in [-0.4, -0.2) is 16.8 Å². The van der Waals surface area contributed by atoms with Gasteiger partial charge < -0.3 is 9.95 Å². The lowest BCUT2D eigenvalue weighted by Crippen LogP contribution is -1.97. The van der Waals surface area contributed by atoms with E-state index in [0.717, 1.165) is 6.21 Å². The van der Waals surface area contributed by atoms with Gasteiger partial charge >= 0.3 is 12.0 Å². The molecule has 56 valence electrons. The van der Waals surface area contributed by atoms with E-state index in [2.05, 4.69) is 4.79 Å². The molecule has 0 radical (unpaired) electrons. The maximum Gasteiger partial charge on any atom is 0.331 e. The molecule has 0 saturated carbocycles. The predicted octanol–water partition coefficient (Wildman–Crippen LogP) is 1.07. The van der Waals surface area contributed by atoms with Gasteiger partial charge in [-0.15, -0.1) is 0 Å². The minimum absolute atomic E-state index is 0.181. The Labute approximate surface area is 63.1 Å². The van der Waals surface area contributed by atoms with E-state index < -0.39 is 5.78 Å². The lowest BCUT2D eigenvalue weighted by molar-refractivity contribution is 0.00209. The SMILES string of the molecule is Cc1ccc(C(=O)C=[N+]=[N-])o1. The second-order valence-electron chi connectivity index (χ2n) is 2.02. The number of aryl methyl sites for hydroxylation is 1. The fourth-order valence-corrected chi connectivity index (χ4v) is 0.683. The van der Waals surface area contributed by atoms with E-state index >= 15 is 0 Å². The standard InChI is InChI=1S/C7H6N2O2/c1-5-2-3-7(11-5)6(10)4-9-8/h2-4H,1H3. The van der Waals surface area contributed by atoms with Crippen molar-refractivity contribution in [3.63, 3.8) is 0 Å². The number of hydrogen-bond donors (Lipinski definition) is 0. The van der Waals surface area contributed by atoms with Crippen LogP contribution in [0.2, 0.25) is 0 Å². The monoisotopic (exact) mass is 150 g/mol. The number of furan rings is 1. The van der Waals surface area contributed by atoms with Gasteiger partial charge in [-0.1, -0.05) is 0 Å². The number of nitrogens with zero attached hydrogens (tertiary/aromatic N) is 2. The molecule has 0 unspecified atom stereocenters. The van der Waals surface area contributed by atoms with Crippen LogP contribution in [0, 0.1) is 6.92 Å². The first-order valence-corrected chi connectivity index (χ1v) is 3.02. The quantitative estimate of drug-likeness (QED) is 0.274. The summed E-state index contributed by atoms with van der Waals surface area (Å²) < 4.78 is 4.95. The Morgan fingerprint density at radius 3 is 2.91 bits per heavy atom. The fraction of sp³-hybridized carbons (Fsp3) is 0.143. The molecular formula is C7H6N2O2. The zero-order valence-electron chi connectivity index (χ0n) is 5.94. The van der Waals surface area contributed by atoms with E-state index in [0.29, 0.717) is 5.76 Å². The van der Waals surface area contributed by atoms with E-state index in [1.54, 1.807) is 13.0 Å². The lowest BCUT2D eigenvalue weighted by Gasteiger charge is -1.81. The van der Waals surface area contributed by atoms with Gasteiger partial charge in [-0.3, -0.25) is 4.79 Å². The van der Waals surface area contributed by atoms with Gasteiger partial charge in [0.15, 0.2) is 5.76 Å². The van der Waals surface area contributed by atoms with E-state index in [-0.39, 0.29) is 5.76 Å². The summed E-state index contributed by atoms with van der Waals surface area (Å²) in [4.78, 5) is 13.4. The third kappa shape index (κ3) is 1.63. The Morgan fingerprint density at radius 2 is 2.45 bits per heavy atom. The van der Waals surface area contributed by atoms with Crippen molar-refractivity contribution in [1.29, 1.82) is 0 Å². The van der Waals surface area contributed by atoms with E-state index in [4.69, 9.17) is 9.95 Å². The van der Waals surface area contributed by atoms with Crippen LogP contribution in [-0.2, 0) is 0 Å². The van der Waals surface area contributed by atoms with Crippen molar-refractivity contribution in [3.8, 4) is 0 Å². The summed E-state index contributed by atoms with van der Waals surface area (Å²) in [5.74, 6) is 0.389. The maximum absolute atomic E-state index is 10.9. The minimum atomic E-state index is -0.444. The van der Waals surface area contributed by atoms with Gasteiger partial charge in [0, 0.05) is 0 Å². The van der Waals surface area contributed by atoms with Crippen molar-refractivity contribution in [2.24, 2.45) is 0 Å². The highest BCUT2D eigenvalue weighted by molar-refractivity contribution is 6.32. The summed E-state index contributed by atoms with van der Waals surface area (Å²) in [6.07, 6.45) is 0.790. The van der Waals surface area contributed by atoms with Gasteiger partial charge in [0.2, 0.25) is 0 Å². The summed E-state index contributed by atoms with van der Waals surface area (Å²) in [6.45, 7) is 1.73. The Hall–Kier alpha value is -1.67. The smallest absolute Gasteiger partial charge is 0.331 e. The number of hydrogen-bond acceptors (Lipinski definition) is 2. The fourth-order valence-electron chi connectivity index (χ4n) is 0.683. The zero-order chi connectivity index (χ0) is 8.27. The molecule has 1 aromatic heterocycles. The molecule has 0 aliphatic heterocycles. The summed E-state index contributed by atoms with van der Waals surface area (Å²) in [5, 5.41) is 0. The maximum atomic E-state index is 10.9. The third-order valence-corrected chi connectivity index (χ3v) is 1.16. The third-order valence-electron chi connectivity index (χ3n) is 1.16. The molecule has 4 nitrogen and oxygen atoms in total. The van der Waals surface area contributed by atoms with E-state index in [9.17, 15) is 4.79 Å². The van der Waals surface area contributed by atoms with Crippen molar-refractivity contribution in [2.75, 3.05) is 0 Å². The lowest BCUT2D eigenvalue weighted by atomic mass is 10.3. The summed E-state index contributed by atoms with van der Waals surface area (Å²) >= 11 is 0. The average molecular weight is 150 g/mol. The molecule has 0 aliphatic rings. The van der Waals surface area contributed by atoms with E-state index in [1.165, 1.54) is 6.07 Å².